The lowest BCUT2D eigenvalue weighted by molar-refractivity contribution is 0.621. The molecule has 106 valence electrons. The Morgan fingerprint density at radius 3 is 2.25 bits per heavy atom. The zero-order valence-corrected chi connectivity index (χ0v) is 12.6. The molecule has 0 saturated heterocycles. The number of hydrogen-bond donors (Lipinski definition) is 2. The lowest BCUT2D eigenvalue weighted by atomic mass is 9.94. The van der Waals surface area contributed by atoms with Gasteiger partial charge in [-0.05, 0) is 38.8 Å². The maximum Gasteiger partial charge on any atom is 0.0729 e. The van der Waals surface area contributed by atoms with Gasteiger partial charge < -0.3 is 0 Å². The van der Waals surface area contributed by atoms with Gasteiger partial charge in [0.05, 0.1) is 17.4 Å². The number of nitrogens with one attached hydrogen (secondary N) is 1. The van der Waals surface area contributed by atoms with Crippen molar-refractivity contribution in [2.24, 2.45) is 5.84 Å². The van der Waals surface area contributed by atoms with Gasteiger partial charge in [-0.2, -0.15) is 10.2 Å². The van der Waals surface area contributed by atoms with E-state index in [9.17, 15) is 0 Å². The second kappa shape index (κ2) is 6.11. The molecule has 0 aliphatic rings. The highest BCUT2D eigenvalue weighted by molar-refractivity contribution is 5.38. The van der Waals surface area contributed by atoms with E-state index in [4.69, 9.17) is 5.84 Å². The first-order chi connectivity index (χ1) is 9.55. The van der Waals surface area contributed by atoms with Crippen LogP contribution in [-0.2, 0) is 6.42 Å². The highest BCUT2D eigenvalue weighted by atomic mass is 15.2. The fraction of sp³-hybridized carbons (Fsp3) is 0.375. The molecular formula is C16H22N4. The van der Waals surface area contributed by atoms with E-state index in [2.05, 4.69) is 60.7 Å². The molecule has 2 aromatic rings. The molecule has 0 saturated carbocycles. The van der Waals surface area contributed by atoms with E-state index >= 15 is 0 Å². The summed E-state index contributed by atoms with van der Waals surface area (Å²) >= 11 is 0. The Morgan fingerprint density at radius 2 is 1.70 bits per heavy atom. The second-order valence-electron chi connectivity index (χ2n) is 5.26. The molecule has 1 aromatic heterocycles. The predicted octanol–water partition coefficient (Wildman–Crippen LogP) is 2.52. The average molecular weight is 270 g/mol. The fourth-order valence-electron chi connectivity index (χ4n) is 2.60. The first kappa shape index (κ1) is 14.6. The fourth-order valence-corrected chi connectivity index (χ4v) is 2.60. The van der Waals surface area contributed by atoms with Crippen LogP contribution >= 0.6 is 0 Å². The van der Waals surface area contributed by atoms with Gasteiger partial charge in [0.15, 0.2) is 0 Å². The highest BCUT2D eigenvalue weighted by Crippen LogP contribution is 2.25. The predicted molar refractivity (Wildman–Crippen MR) is 81.2 cm³/mol. The van der Waals surface area contributed by atoms with Crippen molar-refractivity contribution in [1.29, 1.82) is 0 Å². The average Bonchev–Trinajstić information content (AvgIpc) is 2.39. The van der Waals surface area contributed by atoms with E-state index in [1.165, 1.54) is 11.1 Å². The third-order valence-electron chi connectivity index (χ3n) is 3.42. The Hall–Kier alpha value is -1.78. The van der Waals surface area contributed by atoms with Crippen LogP contribution in [0.3, 0.4) is 0 Å². The molecule has 20 heavy (non-hydrogen) atoms. The Balaban J connectivity index is 2.54. The SMILES string of the molecule is CCc1nnc(C)cc1C(NN)c1cc(C)cc(C)c1. The minimum atomic E-state index is -0.0576. The van der Waals surface area contributed by atoms with E-state index in [-0.39, 0.29) is 6.04 Å². The third-order valence-corrected chi connectivity index (χ3v) is 3.42. The molecule has 0 aliphatic heterocycles. The van der Waals surface area contributed by atoms with Crippen LogP contribution in [0.15, 0.2) is 24.3 Å². The summed E-state index contributed by atoms with van der Waals surface area (Å²) in [7, 11) is 0. The first-order valence-corrected chi connectivity index (χ1v) is 6.92. The molecule has 0 fully saturated rings. The Bertz CT molecular complexity index is 587. The van der Waals surface area contributed by atoms with Crippen LogP contribution in [0.2, 0.25) is 0 Å². The molecule has 1 unspecified atom stereocenters. The Morgan fingerprint density at radius 1 is 1.05 bits per heavy atom. The summed E-state index contributed by atoms with van der Waals surface area (Å²) in [5.41, 5.74) is 9.54. The van der Waals surface area contributed by atoms with Gasteiger partial charge >= 0.3 is 0 Å². The van der Waals surface area contributed by atoms with Crippen LogP contribution in [0.25, 0.3) is 0 Å². The van der Waals surface area contributed by atoms with Crippen LogP contribution in [-0.4, -0.2) is 10.2 Å². The van der Waals surface area contributed by atoms with Gasteiger partial charge in [0.25, 0.3) is 0 Å². The lowest BCUT2D eigenvalue weighted by Crippen LogP contribution is -2.30. The van der Waals surface area contributed by atoms with Gasteiger partial charge in [-0.3, -0.25) is 5.84 Å². The van der Waals surface area contributed by atoms with Crippen LogP contribution < -0.4 is 11.3 Å². The number of aromatic nitrogens is 2. The minimum absolute atomic E-state index is 0.0576. The van der Waals surface area contributed by atoms with Crippen molar-refractivity contribution in [3.05, 3.63) is 57.9 Å². The Kier molecular flexibility index (Phi) is 4.47. The summed E-state index contributed by atoms with van der Waals surface area (Å²) in [5, 5.41) is 8.43. The van der Waals surface area contributed by atoms with Crippen molar-refractivity contribution in [3.8, 4) is 0 Å². The number of nitrogens with zero attached hydrogens (tertiary/aromatic N) is 2. The monoisotopic (exact) mass is 270 g/mol. The molecule has 4 nitrogen and oxygen atoms in total. The number of aryl methyl sites for hydroxylation is 4. The third kappa shape index (κ3) is 3.03. The van der Waals surface area contributed by atoms with E-state index in [0.717, 1.165) is 28.9 Å². The zero-order valence-electron chi connectivity index (χ0n) is 12.6. The molecule has 4 heteroatoms. The molecule has 1 heterocycles. The highest BCUT2D eigenvalue weighted by Gasteiger charge is 2.18. The standard InChI is InChI=1S/C16H22N4/c1-5-15-14(9-12(4)19-20-15)16(18-17)13-7-10(2)6-11(3)8-13/h6-9,16,18H,5,17H2,1-4H3. The number of hydrazine groups is 1. The molecular weight excluding hydrogens is 248 g/mol. The zero-order chi connectivity index (χ0) is 14.7. The van der Waals surface area contributed by atoms with Gasteiger partial charge in [0.1, 0.15) is 0 Å². The molecule has 0 spiro atoms. The van der Waals surface area contributed by atoms with Gasteiger partial charge in [-0.15, -0.1) is 0 Å². The van der Waals surface area contributed by atoms with E-state index in [0.29, 0.717) is 0 Å². The normalized spacial score (nSPS) is 12.4. The maximum absolute atomic E-state index is 5.81. The summed E-state index contributed by atoms with van der Waals surface area (Å²) in [6.45, 7) is 8.23. The smallest absolute Gasteiger partial charge is 0.0729 e. The van der Waals surface area contributed by atoms with Gasteiger partial charge in [-0.25, -0.2) is 5.43 Å². The molecule has 0 radical (unpaired) electrons. The second-order valence-corrected chi connectivity index (χ2v) is 5.26. The van der Waals surface area contributed by atoms with Crippen LogP contribution in [0.4, 0.5) is 0 Å². The van der Waals surface area contributed by atoms with Crippen molar-refractivity contribution in [3.63, 3.8) is 0 Å². The summed E-state index contributed by atoms with van der Waals surface area (Å²) in [6.07, 6.45) is 0.839. The van der Waals surface area contributed by atoms with Crippen molar-refractivity contribution >= 4 is 0 Å². The van der Waals surface area contributed by atoms with Crippen molar-refractivity contribution in [1.82, 2.24) is 15.6 Å². The van der Waals surface area contributed by atoms with Crippen molar-refractivity contribution in [2.45, 2.75) is 40.2 Å². The van der Waals surface area contributed by atoms with E-state index in [1.54, 1.807) is 0 Å². The topological polar surface area (TPSA) is 63.8 Å². The van der Waals surface area contributed by atoms with Crippen molar-refractivity contribution < 1.29 is 0 Å². The molecule has 1 atom stereocenters. The van der Waals surface area contributed by atoms with E-state index < -0.39 is 0 Å². The number of rotatable bonds is 4. The minimum Gasteiger partial charge on any atom is -0.271 e. The van der Waals surface area contributed by atoms with Crippen LogP contribution in [0.5, 0.6) is 0 Å². The maximum atomic E-state index is 5.81. The molecule has 2 rings (SSSR count). The van der Waals surface area contributed by atoms with E-state index in [1.807, 2.05) is 6.92 Å². The van der Waals surface area contributed by atoms with Gasteiger partial charge in [-0.1, -0.05) is 36.2 Å². The van der Waals surface area contributed by atoms with Gasteiger partial charge in [0, 0.05) is 5.56 Å². The number of nitrogens with two attached hydrogens (primary N) is 1. The number of hydrogen-bond acceptors (Lipinski definition) is 4. The van der Waals surface area contributed by atoms with Gasteiger partial charge in [0.2, 0.25) is 0 Å². The van der Waals surface area contributed by atoms with Crippen LogP contribution in [0, 0.1) is 20.8 Å². The Labute approximate surface area is 120 Å². The molecule has 0 aliphatic carbocycles. The summed E-state index contributed by atoms with van der Waals surface area (Å²) < 4.78 is 0. The van der Waals surface area contributed by atoms with Crippen molar-refractivity contribution in [2.75, 3.05) is 0 Å². The molecule has 1 aromatic carbocycles. The summed E-state index contributed by atoms with van der Waals surface area (Å²) in [6, 6.07) is 8.49. The first-order valence-electron chi connectivity index (χ1n) is 6.92. The lowest BCUT2D eigenvalue weighted by Gasteiger charge is -2.20. The van der Waals surface area contributed by atoms with Crippen LogP contribution in [0.1, 0.15) is 46.6 Å². The quantitative estimate of drug-likeness (QED) is 0.662. The largest absolute Gasteiger partial charge is 0.271 e. The number of benzene rings is 1. The summed E-state index contributed by atoms with van der Waals surface area (Å²) in [5.74, 6) is 5.81. The molecule has 0 amide bonds. The summed E-state index contributed by atoms with van der Waals surface area (Å²) in [4.78, 5) is 0. The molecule has 3 N–H and O–H groups in total. The molecule has 0 bridgehead atoms.